The minimum absolute atomic E-state index is 0.0122. The van der Waals surface area contributed by atoms with Crippen LogP contribution in [0.15, 0.2) is 16.3 Å². The van der Waals surface area contributed by atoms with Gasteiger partial charge in [0.15, 0.2) is 0 Å². The van der Waals surface area contributed by atoms with Crippen molar-refractivity contribution in [1.29, 1.82) is 0 Å². The molecule has 1 saturated carbocycles. The van der Waals surface area contributed by atoms with Crippen LogP contribution < -0.4 is 0 Å². The summed E-state index contributed by atoms with van der Waals surface area (Å²) in [6, 6.07) is 1.66. The number of methoxy groups -OCH3 is 1. The molecule has 20 heavy (non-hydrogen) atoms. The van der Waals surface area contributed by atoms with Gasteiger partial charge in [-0.1, -0.05) is 0 Å². The van der Waals surface area contributed by atoms with Crippen molar-refractivity contribution >= 4 is 33.0 Å². The first-order valence-corrected chi connectivity index (χ1v) is 9.51. The highest BCUT2D eigenvalue weighted by atomic mass is 35.5. The topological polar surface area (TPSA) is 46.6 Å². The summed E-state index contributed by atoms with van der Waals surface area (Å²) in [6.07, 6.45) is 2.21. The molecule has 1 atom stereocenters. The standard InChI is InChI=1S/C13H20ClNO3S2/c1-10(11-3-4-11)15(6-7-18-2)20(16,17)13-5-8-19-12(13)9-14/h5,8,10-11H,3-4,6-7,9H2,1-2H3. The molecular weight excluding hydrogens is 318 g/mol. The third-order valence-corrected chi connectivity index (χ3v) is 7.23. The molecule has 0 aliphatic heterocycles. The Bertz CT molecular complexity index is 540. The maximum atomic E-state index is 12.9. The maximum absolute atomic E-state index is 12.9. The zero-order valence-electron chi connectivity index (χ0n) is 11.7. The Kier molecular flexibility index (Phi) is 5.48. The van der Waals surface area contributed by atoms with Crippen LogP contribution in [0.3, 0.4) is 0 Å². The number of sulfonamides is 1. The number of thiophene rings is 1. The average molecular weight is 338 g/mol. The summed E-state index contributed by atoms with van der Waals surface area (Å²) < 4.78 is 32.4. The van der Waals surface area contributed by atoms with Gasteiger partial charge in [-0.15, -0.1) is 22.9 Å². The highest BCUT2D eigenvalue weighted by Crippen LogP contribution is 2.38. The minimum Gasteiger partial charge on any atom is -0.383 e. The van der Waals surface area contributed by atoms with Gasteiger partial charge in [0.2, 0.25) is 10.0 Å². The van der Waals surface area contributed by atoms with Crippen LogP contribution in [-0.2, 0) is 20.6 Å². The highest BCUT2D eigenvalue weighted by Gasteiger charge is 2.38. The van der Waals surface area contributed by atoms with Crippen molar-refractivity contribution in [3.63, 3.8) is 0 Å². The molecule has 1 aromatic heterocycles. The molecule has 0 saturated heterocycles. The fourth-order valence-corrected chi connectivity index (χ4v) is 5.67. The second-order valence-corrected chi connectivity index (χ2v) is 8.16. The van der Waals surface area contributed by atoms with Crippen molar-refractivity contribution in [3.8, 4) is 0 Å². The molecule has 7 heteroatoms. The lowest BCUT2D eigenvalue weighted by Crippen LogP contribution is -2.42. The van der Waals surface area contributed by atoms with Gasteiger partial charge in [0.1, 0.15) is 0 Å². The quantitative estimate of drug-likeness (QED) is 0.685. The molecule has 1 fully saturated rings. The Hall–Kier alpha value is -0.140. The van der Waals surface area contributed by atoms with E-state index in [0.717, 1.165) is 12.8 Å². The van der Waals surface area contributed by atoms with Crippen molar-refractivity contribution in [2.45, 2.75) is 36.6 Å². The van der Waals surface area contributed by atoms with E-state index in [1.807, 2.05) is 6.92 Å². The Morgan fingerprint density at radius 1 is 1.55 bits per heavy atom. The van der Waals surface area contributed by atoms with Crippen LogP contribution in [0.5, 0.6) is 0 Å². The Balaban J connectivity index is 2.30. The largest absolute Gasteiger partial charge is 0.383 e. The van der Waals surface area contributed by atoms with Gasteiger partial charge in [-0.05, 0) is 37.1 Å². The SMILES string of the molecule is COCCN(C(C)C1CC1)S(=O)(=O)c1ccsc1CCl. The van der Waals surface area contributed by atoms with E-state index in [-0.39, 0.29) is 11.9 Å². The summed E-state index contributed by atoms with van der Waals surface area (Å²) in [5.41, 5.74) is 0. The fraction of sp³-hybridized carbons (Fsp3) is 0.692. The molecular formula is C13H20ClNO3S2. The number of hydrogen-bond donors (Lipinski definition) is 0. The van der Waals surface area contributed by atoms with Crippen molar-refractivity contribution in [1.82, 2.24) is 4.31 Å². The summed E-state index contributed by atoms with van der Waals surface area (Å²) in [7, 11) is -1.91. The second kappa shape index (κ2) is 6.75. The van der Waals surface area contributed by atoms with E-state index in [9.17, 15) is 8.42 Å². The zero-order valence-corrected chi connectivity index (χ0v) is 14.1. The van der Waals surface area contributed by atoms with Crippen LogP contribution in [0.2, 0.25) is 0 Å². The fourth-order valence-electron chi connectivity index (χ4n) is 2.32. The van der Waals surface area contributed by atoms with Crippen molar-refractivity contribution in [2.24, 2.45) is 5.92 Å². The van der Waals surface area contributed by atoms with Gasteiger partial charge in [0.05, 0.1) is 17.4 Å². The van der Waals surface area contributed by atoms with Gasteiger partial charge in [0, 0.05) is 24.6 Å². The maximum Gasteiger partial charge on any atom is 0.244 e. The third kappa shape index (κ3) is 3.36. The van der Waals surface area contributed by atoms with E-state index in [1.54, 1.807) is 22.9 Å². The van der Waals surface area contributed by atoms with E-state index in [4.69, 9.17) is 16.3 Å². The van der Waals surface area contributed by atoms with E-state index < -0.39 is 10.0 Å². The number of ether oxygens (including phenoxy) is 1. The Morgan fingerprint density at radius 3 is 2.80 bits per heavy atom. The third-order valence-electron chi connectivity index (χ3n) is 3.69. The van der Waals surface area contributed by atoms with Gasteiger partial charge in [-0.3, -0.25) is 0 Å². The van der Waals surface area contributed by atoms with E-state index in [2.05, 4.69) is 0 Å². The molecule has 1 heterocycles. The van der Waals surface area contributed by atoms with Gasteiger partial charge < -0.3 is 4.74 Å². The molecule has 0 spiro atoms. The second-order valence-electron chi connectivity index (χ2n) is 5.03. The number of alkyl halides is 1. The predicted octanol–water partition coefficient (Wildman–Crippen LogP) is 2.92. The summed E-state index contributed by atoms with van der Waals surface area (Å²) in [4.78, 5) is 1.05. The molecule has 114 valence electrons. The van der Waals surface area contributed by atoms with Gasteiger partial charge in [0.25, 0.3) is 0 Å². The van der Waals surface area contributed by atoms with Gasteiger partial charge >= 0.3 is 0 Å². The molecule has 0 bridgehead atoms. The lowest BCUT2D eigenvalue weighted by Gasteiger charge is -2.28. The van der Waals surface area contributed by atoms with Gasteiger partial charge in [-0.2, -0.15) is 4.31 Å². The molecule has 1 aliphatic carbocycles. The van der Waals surface area contributed by atoms with Crippen LogP contribution in [0.1, 0.15) is 24.6 Å². The summed E-state index contributed by atoms with van der Waals surface area (Å²) in [5.74, 6) is 0.696. The first-order chi connectivity index (χ1) is 9.52. The van der Waals surface area contributed by atoms with Crippen LogP contribution in [0, 0.1) is 5.92 Å². The minimum atomic E-state index is -3.50. The molecule has 1 unspecified atom stereocenters. The molecule has 1 aliphatic rings. The first-order valence-electron chi connectivity index (χ1n) is 6.65. The van der Waals surface area contributed by atoms with Gasteiger partial charge in [-0.25, -0.2) is 8.42 Å². The molecule has 1 aromatic rings. The number of nitrogens with zero attached hydrogens (tertiary/aromatic N) is 1. The summed E-state index contributed by atoms with van der Waals surface area (Å²) >= 11 is 7.23. The first kappa shape index (κ1) is 16.2. The van der Waals surface area contributed by atoms with E-state index in [1.165, 1.54) is 11.3 Å². The number of hydrogen-bond acceptors (Lipinski definition) is 4. The van der Waals surface area contributed by atoms with Crippen molar-refractivity contribution in [3.05, 3.63) is 16.3 Å². The molecule has 0 N–H and O–H groups in total. The number of rotatable bonds is 8. The Morgan fingerprint density at radius 2 is 2.25 bits per heavy atom. The molecule has 0 radical (unpaired) electrons. The normalized spacial score (nSPS) is 17.6. The lowest BCUT2D eigenvalue weighted by molar-refractivity contribution is 0.164. The molecule has 0 amide bonds. The van der Waals surface area contributed by atoms with Crippen molar-refractivity contribution < 1.29 is 13.2 Å². The number of halogens is 1. The van der Waals surface area contributed by atoms with Crippen molar-refractivity contribution in [2.75, 3.05) is 20.3 Å². The molecule has 0 aromatic carbocycles. The van der Waals surface area contributed by atoms with Crippen LogP contribution >= 0.6 is 22.9 Å². The van der Waals surface area contributed by atoms with E-state index in [0.29, 0.717) is 28.8 Å². The lowest BCUT2D eigenvalue weighted by atomic mass is 10.2. The predicted molar refractivity (Wildman–Crippen MR) is 81.8 cm³/mol. The summed E-state index contributed by atoms with van der Waals surface area (Å²) in [6.45, 7) is 2.77. The van der Waals surface area contributed by atoms with Crippen LogP contribution in [0.25, 0.3) is 0 Å². The highest BCUT2D eigenvalue weighted by molar-refractivity contribution is 7.89. The van der Waals surface area contributed by atoms with Crippen LogP contribution in [-0.4, -0.2) is 39.0 Å². The zero-order chi connectivity index (χ0) is 14.8. The Labute approximate surface area is 129 Å². The monoisotopic (exact) mass is 337 g/mol. The smallest absolute Gasteiger partial charge is 0.244 e. The van der Waals surface area contributed by atoms with E-state index >= 15 is 0 Å². The van der Waals surface area contributed by atoms with Crippen LogP contribution in [0.4, 0.5) is 0 Å². The molecule has 2 rings (SSSR count). The molecule has 4 nitrogen and oxygen atoms in total. The average Bonchev–Trinajstić information content (AvgIpc) is 3.15. The summed E-state index contributed by atoms with van der Waals surface area (Å²) in [5, 5.41) is 1.78.